The second kappa shape index (κ2) is 12.3. The van der Waals surface area contributed by atoms with Gasteiger partial charge in [0.25, 0.3) is 0 Å². The first-order chi connectivity index (χ1) is 17.0. The Morgan fingerprint density at radius 2 is 1.57 bits per heavy atom. The molecule has 0 heterocycles. The van der Waals surface area contributed by atoms with E-state index in [-0.39, 0.29) is 5.82 Å². The van der Waals surface area contributed by atoms with Crippen molar-refractivity contribution in [3.05, 3.63) is 76.1 Å². The Bertz CT molecular complexity index is 1010. The maximum absolute atomic E-state index is 14.9. The predicted octanol–water partition coefficient (Wildman–Crippen LogP) is 9.95. The van der Waals surface area contributed by atoms with E-state index in [9.17, 15) is 13.2 Å². The monoisotopic (exact) mass is 482 g/mol. The molecule has 2 aromatic carbocycles. The summed E-state index contributed by atoms with van der Waals surface area (Å²) in [5, 5.41) is 0. The molecule has 3 heteroatoms. The van der Waals surface area contributed by atoms with E-state index in [1.807, 2.05) is 6.07 Å². The maximum atomic E-state index is 14.9. The van der Waals surface area contributed by atoms with Gasteiger partial charge in [0.1, 0.15) is 5.82 Å². The molecular weight excluding hydrogens is 441 g/mol. The van der Waals surface area contributed by atoms with Crippen LogP contribution in [0.4, 0.5) is 13.2 Å². The molecule has 2 aliphatic carbocycles. The number of benzene rings is 2. The number of unbranched alkanes of at least 4 members (excludes halogenated alkanes) is 1. The van der Waals surface area contributed by atoms with Crippen LogP contribution < -0.4 is 0 Å². The van der Waals surface area contributed by atoms with Crippen molar-refractivity contribution in [2.45, 2.75) is 103 Å². The fourth-order valence-electron chi connectivity index (χ4n) is 6.07. The van der Waals surface area contributed by atoms with Crippen molar-refractivity contribution in [1.82, 2.24) is 0 Å². The van der Waals surface area contributed by atoms with Gasteiger partial charge in [-0.3, -0.25) is 0 Å². The number of allylic oxidation sites excluding steroid dienone is 2. The van der Waals surface area contributed by atoms with E-state index in [4.69, 9.17) is 0 Å². The number of halogens is 3. The minimum absolute atomic E-state index is 0.0619. The Morgan fingerprint density at radius 1 is 0.800 bits per heavy atom. The summed E-state index contributed by atoms with van der Waals surface area (Å²) in [6.45, 7) is 4.32. The molecule has 0 aromatic heterocycles. The third-order valence-corrected chi connectivity index (χ3v) is 8.62. The van der Waals surface area contributed by atoms with E-state index < -0.39 is 11.6 Å². The summed E-state index contributed by atoms with van der Waals surface area (Å²) in [5.41, 5.74) is 3.86. The number of hydrogen-bond donors (Lipinski definition) is 0. The summed E-state index contributed by atoms with van der Waals surface area (Å²) in [7, 11) is 0. The molecule has 0 radical (unpaired) electrons. The van der Waals surface area contributed by atoms with Crippen molar-refractivity contribution in [1.29, 1.82) is 0 Å². The fourth-order valence-corrected chi connectivity index (χ4v) is 6.07. The van der Waals surface area contributed by atoms with Crippen molar-refractivity contribution < 1.29 is 13.2 Å². The molecule has 0 N–H and O–H groups in total. The zero-order chi connectivity index (χ0) is 24.8. The Morgan fingerprint density at radius 3 is 2.23 bits per heavy atom. The highest BCUT2D eigenvalue weighted by molar-refractivity contribution is 5.67. The van der Waals surface area contributed by atoms with E-state index in [1.54, 1.807) is 18.2 Å². The standard InChI is InChI=1S/C32H41F3/c1-3-5-6-26-17-18-28(21-30(26)33)24-12-9-23(10-13-24)11-16-27-19-20-29(32(35)31(27)34)25-14-7-22(4-2)8-15-25/h14,17-24H,3-13,15-16H2,1-2H3. The van der Waals surface area contributed by atoms with E-state index >= 15 is 0 Å². The van der Waals surface area contributed by atoms with Gasteiger partial charge in [-0.1, -0.05) is 57.0 Å². The second-order valence-corrected chi connectivity index (χ2v) is 10.9. The molecule has 0 bridgehead atoms. The number of hydrogen-bond acceptors (Lipinski definition) is 0. The Labute approximate surface area is 210 Å². The van der Waals surface area contributed by atoms with E-state index in [0.717, 1.165) is 93.7 Å². The molecule has 190 valence electrons. The minimum Gasteiger partial charge on any atom is -0.207 e. The van der Waals surface area contributed by atoms with Crippen LogP contribution in [0.25, 0.3) is 5.57 Å². The SMILES string of the molecule is CCCCc1ccc(C2CCC(CCc3ccc(C4=CCC(CC)CC4)c(F)c3F)CC2)cc1F. The summed E-state index contributed by atoms with van der Waals surface area (Å²) in [4.78, 5) is 0. The van der Waals surface area contributed by atoms with Crippen molar-refractivity contribution in [3.63, 3.8) is 0 Å². The van der Waals surface area contributed by atoms with E-state index in [2.05, 4.69) is 26.0 Å². The molecule has 1 fully saturated rings. The highest BCUT2D eigenvalue weighted by Crippen LogP contribution is 2.39. The Balaban J connectivity index is 1.30. The van der Waals surface area contributed by atoms with Crippen LogP contribution in [0.2, 0.25) is 0 Å². The summed E-state index contributed by atoms with van der Waals surface area (Å²) < 4.78 is 44.3. The summed E-state index contributed by atoms with van der Waals surface area (Å²) in [5.74, 6) is 0.211. The molecule has 0 spiro atoms. The molecule has 1 atom stereocenters. The molecule has 0 amide bonds. The van der Waals surface area contributed by atoms with Crippen molar-refractivity contribution >= 4 is 5.57 Å². The molecule has 0 nitrogen and oxygen atoms in total. The third-order valence-electron chi connectivity index (χ3n) is 8.62. The van der Waals surface area contributed by atoms with E-state index in [1.165, 1.54) is 0 Å². The van der Waals surface area contributed by atoms with Gasteiger partial charge in [-0.25, -0.2) is 13.2 Å². The largest absolute Gasteiger partial charge is 0.207 e. The third kappa shape index (κ3) is 6.40. The molecule has 1 saturated carbocycles. The van der Waals surface area contributed by atoms with Crippen molar-refractivity contribution in [2.75, 3.05) is 0 Å². The molecule has 1 unspecified atom stereocenters. The first-order valence-corrected chi connectivity index (χ1v) is 13.9. The van der Waals surface area contributed by atoms with E-state index in [0.29, 0.717) is 35.3 Å². The van der Waals surface area contributed by atoms with Gasteiger partial charge >= 0.3 is 0 Å². The lowest BCUT2D eigenvalue weighted by Crippen LogP contribution is -2.15. The van der Waals surface area contributed by atoms with Crippen molar-refractivity contribution in [3.8, 4) is 0 Å². The number of aryl methyl sites for hydroxylation is 2. The lowest BCUT2D eigenvalue weighted by molar-refractivity contribution is 0.308. The molecule has 0 saturated heterocycles. The van der Waals surface area contributed by atoms with Crippen LogP contribution in [0, 0.1) is 29.3 Å². The normalized spacial score (nSPS) is 22.8. The van der Waals surface area contributed by atoms with Crippen LogP contribution in [-0.2, 0) is 12.8 Å². The van der Waals surface area contributed by atoms with Gasteiger partial charge < -0.3 is 0 Å². The first kappa shape index (κ1) is 26.0. The maximum Gasteiger partial charge on any atom is 0.166 e. The van der Waals surface area contributed by atoms with Gasteiger partial charge in [-0.05, 0) is 117 Å². The summed E-state index contributed by atoms with van der Waals surface area (Å²) in [6.07, 6.45) is 14.7. The molecule has 2 aliphatic rings. The summed E-state index contributed by atoms with van der Waals surface area (Å²) >= 11 is 0. The zero-order valence-electron chi connectivity index (χ0n) is 21.5. The molecule has 2 aromatic rings. The molecular formula is C32H41F3. The zero-order valence-corrected chi connectivity index (χ0v) is 21.5. The fraction of sp³-hybridized carbons (Fsp3) is 0.562. The lowest BCUT2D eigenvalue weighted by Gasteiger charge is -2.29. The molecule has 0 aliphatic heterocycles. The molecule has 4 rings (SSSR count). The molecule has 35 heavy (non-hydrogen) atoms. The topological polar surface area (TPSA) is 0 Å². The van der Waals surface area contributed by atoms with Crippen LogP contribution in [0.5, 0.6) is 0 Å². The van der Waals surface area contributed by atoms with Crippen LogP contribution in [0.15, 0.2) is 36.4 Å². The van der Waals surface area contributed by atoms with Crippen LogP contribution in [0.1, 0.15) is 113 Å². The van der Waals surface area contributed by atoms with Gasteiger partial charge in [-0.2, -0.15) is 0 Å². The smallest absolute Gasteiger partial charge is 0.166 e. The van der Waals surface area contributed by atoms with Gasteiger partial charge in [-0.15, -0.1) is 0 Å². The van der Waals surface area contributed by atoms with Crippen LogP contribution >= 0.6 is 0 Å². The van der Waals surface area contributed by atoms with Crippen LogP contribution in [-0.4, -0.2) is 0 Å². The van der Waals surface area contributed by atoms with Gasteiger partial charge in [0.15, 0.2) is 11.6 Å². The van der Waals surface area contributed by atoms with Crippen molar-refractivity contribution in [2.24, 2.45) is 11.8 Å². The van der Waals surface area contributed by atoms with Gasteiger partial charge in [0.2, 0.25) is 0 Å². The van der Waals surface area contributed by atoms with Crippen LogP contribution in [0.3, 0.4) is 0 Å². The predicted molar refractivity (Wildman–Crippen MR) is 140 cm³/mol. The first-order valence-electron chi connectivity index (χ1n) is 13.9. The Hall–Kier alpha value is -2.03. The lowest BCUT2D eigenvalue weighted by atomic mass is 9.76. The van der Waals surface area contributed by atoms with Gasteiger partial charge in [0, 0.05) is 5.56 Å². The average Bonchev–Trinajstić information content (AvgIpc) is 2.89. The van der Waals surface area contributed by atoms with Gasteiger partial charge in [0.05, 0.1) is 0 Å². The summed E-state index contributed by atoms with van der Waals surface area (Å²) in [6, 6.07) is 9.43. The highest BCUT2D eigenvalue weighted by Gasteiger charge is 2.24. The average molecular weight is 483 g/mol. The highest BCUT2D eigenvalue weighted by atomic mass is 19.2. The number of rotatable bonds is 9. The minimum atomic E-state index is -0.670. The quantitative estimate of drug-likeness (QED) is 0.333. The second-order valence-electron chi connectivity index (χ2n) is 10.9. The Kier molecular flexibility index (Phi) is 9.14.